The summed E-state index contributed by atoms with van der Waals surface area (Å²) in [6.07, 6.45) is 9.28. The highest BCUT2D eigenvalue weighted by Gasteiger charge is 2.25. The van der Waals surface area contributed by atoms with Gasteiger partial charge in [0.15, 0.2) is 0 Å². The minimum Gasteiger partial charge on any atom is -0.494 e. The van der Waals surface area contributed by atoms with Crippen LogP contribution in [0.2, 0.25) is 0 Å². The number of hydrogen-bond donors (Lipinski definition) is 2. The van der Waals surface area contributed by atoms with E-state index in [2.05, 4.69) is 20.4 Å². The van der Waals surface area contributed by atoms with Crippen molar-refractivity contribution < 1.29 is 19.2 Å². The molecule has 2 heterocycles. The maximum atomic E-state index is 12.3. The van der Waals surface area contributed by atoms with Crippen molar-refractivity contribution in [2.45, 2.75) is 71.3 Å². The molecule has 1 atom stereocenters. The lowest BCUT2D eigenvalue weighted by atomic mass is 9.83. The van der Waals surface area contributed by atoms with Gasteiger partial charge in [-0.05, 0) is 93.1 Å². The molecule has 1 aliphatic heterocycles. The fourth-order valence-corrected chi connectivity index (χ4v) is 4.71. The summed E-state index contributed by atoms with van der Waals surface area (Å²) in [5.74, 6) is 3.60. The van der Waals surface area contributed by atoms with Crippen molar-refractivity contribution in [3.05, 3.63) is 35.2 Å². The van der Waals surface area contributed by atoms with Crippen LogP contribution in [0.3, 0.4) is 0 Å². The Morgan fingerprint density at radius 2 is 2.06 bits per heavy atom. The highest BCUT2D eigenvalue weighted by atomic mass is 16.5. The van der Waals surface area contributed by atoms with Crippen molar-refractivity contribution in [3.8, 4) is 5.75 Å². The molecular weight excluding hydrogens is 432 g/mol. The SMILES string of the molecule is Cc1cc(OCCCC2CCN(c3noc(CC4CCC4)n3)CC2)ccc1C(=O)N[C@H](C)CO. The lowest BCUT2D eigenvalue weighted by Gasteiger charge is -2.30. The molecule has 1 aromatic heterocycles. The van der Waals surface area contributed by atoms with Crippen LogP contribution < -0.4 is 15.0 Å². The monoisotopic (exact) mass is 470 g/mol. The molecule has 1 amide bonds. The topological polar surface area (TPSA) is 101 Å². The summed E-state index contributed by atoms with van der Waals surface area (Å²) in [4.78, 5) is 19.2. The number of aliphatic hydroxyl groups is 1. The summed E-state index contributed by atoms with van der Waals surface area (Å²) in [5, 5.41) is 16.1. The van der Waals surface area contributed by atoms with E-state index in [9.17, 15) is 4.79 Å². The number of amides is 1. The van der Waals surface area contributed by atoms with Gasteiger partial charge in [0.2, 0.25) is 5.89 Å². The summed E-state index contributed by atoms with van der Waals surface area (Å²) < 4.78 is 11.4. The number of carbonyl (C=O) groups is 1. The molecule has 8 heteroatoms. The lowest BCUT2D eigenvalue weighted by Crippen LogP contribution is -2.35. The number of aliphatic hydroxyl groups excluding tert-OH is 1. The normalized spacial score (nSPS) is 17.9. The fourth-order valence-electron chi connectivity index (χ4n) is 4.71. The Labute approximate surface area is 202 Å². The number of aromatic nitrogens is 2. The predicted octanol–water partition coefficient (Wildman–Crippen LogP) is 3.91. The van der Waals surface area contributed by atoms with E-state index in [1.807, 2.05) is 19.1 Å². The molecule has 0 unspecified atom stereocenters. The highest BCUT2D eigenvalue weighted by molar-refractivity contribution is 5.95. The Hall–Kier alpha value is -2.61. The molecule has 0 bridgehead atoms. The van der Waals surface area contributed by atoms with Gasteiger partial charge in [0.1, 0.15) is 5.75 Å². The first-order valence-electron chi connectivity index (χ1n) is 12.7. The average Bonchev–Trinajstić information content (AvgIpc) is 3.28. The van der Waals surface area contributed by atoms with Crippen molar-refractivity contribution in [2.24, 2.45) is 11.8 Å². The van der Waals surface area contributed by atoms with Crippen molar-refractivity contribution in [2.75, 3.05) is 31.2 Å². The third-order valence-corrected chi connectivity index (χ3v) is 7.16. The Kier molecular flexibility index (Phi) is 8.43. The van der Waals surface area contributed by atoms with Crippen LogP contribution in [0.15, 0.2) is 22.7 Å². The standard InChI is InChI=1S/C26H38N4O4/c1-18-15-22(8-9-23(18)25(32)27-19(2)17-31)33-14-4-7-20-10-12-30(13-11-20)26-28-24(34-29-26)16-21-5-3-6-21/h8-9,15,19-21,31H,3-7,10-14,16-17H2,1-2H3,(H,27,32)/t19-/m1/s1. The van der Waals surface area contributed by atoms with Crippen LogP contribution in [0.5, 0.6) is 5.75 Å². The van der Waals surface area contributed by atoms with Crippen LogP contribution in [-0.4, -0.2) is 53.5 Å². The van der Waals surface area contributed by atoms with Gasteiger partial charge in [-0.25, -0.2) is 0 Å². The summed E-state index contributed by atoms with van der Waals surface area (Å²) in [7, 11) is 0. The number of piperidine rings is 1. The molecule has 0 radical (unpaired) electrons. The fraction of sp³-hybridized carbons (Fsp3) is 0.654. The van der Waals surface area contributed by atoms with Crippen LogP contribution in [0.4, 0.5) is 5.95 Å². The van der Waals surface area contributed by atoms with Gasteiger partial charge >= 0.3 is 0 Å². The molecule has 1 saturated carbocycles. The maximum Gasteiger partial charge on any atom is 0.266 e. The van der Waals surface area contributed by atoms with E-state index >= 15 is 0 Å². The number of carbonyl (C=O) groups excluding carboxylic acids is 1. The lowest BCUT2D eigenvalue weighted by molar-refractivity contribution is 0.0921. The molecule has 1 saturated heterocycles. The summed E-state index contributed by atoms with van der Waals surface area (Å²) in [5.41, 5.74) is 1.47. The van der Waals surface area contributed by atoms with E-state index < -0.39 is 0 Å². The Balaban J connectivity index is 1.14. The van der Waals surface area contributed by atoms with Gasteiger partial charge in [0, 0.05) is 31.1 Å². The van der Waals surface area contributed by atoms with Gasteiger partial charge in [0.25, 0.3) is 11.9 Å². The second-order valence-corrected chi connectivity index (χ2v) is 9.94. The molecule has 2 aromatic rings. The van der Waals surface area contributed by atoms with Crippen LogP contribution in [0, 0.1) is 18.8 Å². The third kappa shape index (κ3) is 6.50. The van der Waals surface area contributed by atoms with Crippen LogP contribution in [0.1, 0.15) is 73.7 Å². The molecule has 34 heavy (non-hydrogen) atoms. The third-order valence-electron chi connectivity index (χ3n) is 7.16. The smallest absolute Gasteiger partial charge is 0.266 e. The Bertz CT molecular complexity index is 935. The second-order valence-electron chi connectivity index (χ2n) is 9.94. The van der Waals surface area contributed by atoms with Gasteiger partial charge in [-0.1, -0.05) is 6.42 Å². The quantitative estimate of drug-likeness (QED) is 0.480. The minimum atomic E-state index is -0.267. The van der Waals surface area contributed by atoms with Crippen molar-refractivity contribution in [1.29, 1.82) is 0 Å². The number of aryl methyl sites for hydroxylation is 1. The van der Waals surface area contributed by atoms with E-state index in [0.717, 1.165) is 74.3 Å². The molecule has 186 valence electrons. The van der Waals surface area contributed by atoms with Crippen molar-refractivity contribution >= 4 is 11.9 Å². The zero-order chi connectivity index (χ0) is 23.9. The van der Waals surface area contributed by atoms with E-state index in [4.69, 9.17) is 14.4 Å². The van der Waals surface area contributed by atoms with Crippen molar-refractivity contribution in [3.63, 3.8) is 0 Å². The Morgan fingerprint density at radius 1 is 1.26 bits per heavy atom. The molecule has 2 aliphatic rings. The number of nitrogens with zero attached hydrogens (tertiary/aromatic N) is 3. The predicted molar refractivity (Wildman–Crippen MR) is 130 cm³/mol. The van der Waals surface area contributed by atoms with Gasteiger partial charge in [-0.15, -0.1) is 0 Å². The minimum absolute atomic E-state index is 0.0799. The maximum absolute atomic E-state index is 12.3. The van der Waals surface area contributed by atoms with Crippen molar-refractivity contribution in [1.82, 2.24) is 15.5 Å². The molecule has 1 aromatic carbocycles. The number of anilines is 1. The summed E-state index contributed by atoms with van der Waals surface area (Å²) in [6, 6.07) is 5.27. The molecule has 2 N–H and O–H groups in total. The number of ether oxygens (including phenoxy) is 1. The van der Waals surface area contributed by atoms with E-state index in [-0.39, 0.29) is 18.6 Å². The van der Waals surface area contributed by atoms with Crippen LogP contribution >= 0.6 is 0 Å². The molecule has 8 nitrogen and oxygen atoms in total. The number of hydrogen-bond acceptors (Lipinski definition) is 7. The molecular formula is C26H38N4O4. The Morgan fingerprint density at radius 3 is 2.74 bits per heavy atom. The zero-order valence-electron chi connectivity index (χ0n) is 20.5. The van der Waals surface area contributed by atoms with Gasteiger partial charge < -0.3 is 24.6 Å². The molecule has 2 fully saturated rings. The van der Waals surface area contributed by atoms with E-state index in [1.165, 1.54) is 19.3 Å². The first-order valence-corrected chi connectivity index (χ1v) is 12.7. The zero-order valence-corrected chi connectivity index (χ0v) is 20.5. The first-order chi connectivity index (χ1) is 16.5. The molecule has 1 aliphatic carbocycles. The summed E-state index contributed by atoms with van der Waals surface area (Å²) >= 11 is 0. The van der Waals surface area contributed by atoms with E-state index in [1.54, 1.807) is 13.0 Å². The van der Waals surface area contributed by atoms with Gasteiger partial charge in [-0.2, -0.15) is 4.98 Å². The number of rotatable bonds is 11. The van der Waals surface area contributed by atoms with Gasteiger partial charge in [0.05, 0.1) is 13.2 Å². The highest BCUT2D eigenvalue weighted by Crippen LogP contribution is 2.30. The summed E-state index contributed by atoms with van der Waals surface area (Å²) in [6.45, 7) is 6.22. The van der Waals surface area contributed by atoms with Crippen LogP contribution in [0.25, 0.3) is 0 Å². The second kappa shape index (κ2) is 11.7. The number of nitrogens with one attached hydrogen (secondary N) is 1. The van der Waals surface area contributed by atoms with Gasteiger partial charge in [-0.3, -0.25) is 4.79 Å². The average molecular weight is 471 g/mol. The molecule has 0 spiro atoms. The molecule has 4 rings (SSSR count). The largest absolute Gasteiger partial charge is 0.494 e. The first kappa shape index (κ1) is 24.5. The van der Waals surface area contributed by atoms with E-state index in [0.29, 0.717) is 18.1 Å². The number of benzene rings is 1. The van der Waals surface area contributed by atoms with Crippen LogP contribution in [-0.2, 0) is 6.42 Å².